The lowest BCUT2D eigenvalue weighted by molar-refractivity contribution is -0.146. The number of hydrogen-bond donors (Lipinski definition) is 4. The first-order chi connectivity index (χ1) is 25.8. The fraction of sp³-hybridized carbons (Fsp3) is 0.683. The summed E-state index contributed by atoms with van der Waals surface area (Å²) >= 11 is 0. The van der Waals surface area contributed by atoms with Crippen LogP contribution in [0.1, 0.15) is 105 Å². The predicted molar refractivity (Wildman–Crippen MR) is 210 cm³/mol. The molecule has 6 atom stereocenters. The number of benzene rings is 1. The first kappa shape index (κ1) is 42.4. The number of carbonyl (C=O) groups is 5. The standard InChI is InChI=1S/C41H62N6O7S/c1-9-11-18-28(33(48)36(50)42-22-10-2)43-35(49)32-31-27(40(31,6)7)24-47(32)37(51)34(41(8)20-15-12-16-21-41)45-38(52)44-30(39(3,4)5)25-46-23-26-17-13-14-19-29(26)55(46,53)54/h10,13-14,17,19,27-28,30-32,34H,2,9,11-12,15-16,18,20-25H2,1,3-8H3,(H,42,50)(H,43,49)(H2,44,45,52). The average molecular weight is 783 g/mol. The van der Waals surface area contributed by atoms with Gasteiger partial charge in [-0.05, 0) is 59.0 Å². The Morgan fingerprint density at radius 2 is 1.67 bits per heavy atom. The second-order valence-corrected chi connectivity index (χ2v) is 20.0. The first-order valence-corrected chi connectivity index (χ1v) is 21.4. The smallest absolute Gasteiger partial charge is 0.315 e. The molecular formula is C41H62N6O7S. The highest BCUT2D eigenvalue weighted by molar-refractivity contribution is 7.89. The molecule has 2 heterocycles. The second kappa shape index (κ2) is 16.4. The van der Waals surface area contributed by atoms with Crippen molar-refractivity contribution < 1.29 is 32.4 Å². The normalized spacial score (nSPS) is 25.0. The van der Waals surface area contributed by atoms with Crippen molar-refractivity contribution in [1.82, 2.24) is 30.5 Å². The first-order valence-electron chi connectivity index (χ1n) is 20.0. The van der Waals surface area contributed by atoms with Gasteiger partial charge in [-0.2, -0.15) is 4.31 Å². The molecule has 2 aliphatic carbocycles. The molecule has 0 bridgehead atoms. The van der Waals surface area contributed by atoms with Crippen molar-refractivity contribution in [2.75, 3.05) is 19.6 Å². The van der Waals surface area contributed by atoms with Gasteiger partial charge in [-0.25, -0.2) is 13.2 Å². The number of piperidine rings is 1. The lowest BCUT2D eigenvalue weighted by Gasteiger charge is -2.43. The molecule has 1 saturated heterocycles. The summed E-state index contributed by atoms with van der Waals surface area (Å²) in [4.78, 5) is 71.1. The lowest BCUT2D eigenvalue weighted by Crippen LogP contribution is -2.63. The molecule has 2 saturated carbocycles. The van der Waals surface area contributed by atoms with Gasteiger partial charge in [0.1, 0.15) is 12.1 Å². The minimum absolute atomic E-state index is 0.0418. The van der Waals surface area contributed by atoms with E-state index in [0.717, 1.165) is 25.7 Å². The number of carbonyl (C=O) groups excluding carboxylic acids is 5. The van der Waals surface area contributed by atoms with Crippen LogP contribution in [0.2, 0.25) is 0 Å². The highest BCUT2D eigenvalue weighted by Gasteiger charge is 2.70. The molecule has 14 heteroatoms. The number of likely N-dealkylation sites (tertiary alicyclic amines) is 1. The topological polar surface area (TPSA) is 174 Å². The Hall–Kier alpha value is -3.78. The van der Waals surface area contributed by atoms with Crippen molar-refractivity contribution in [3.05, 3.63) is 42.5 Å². The summed E-state index contributed by atoms with van der Waals surface area (Å²) in [6, 6.07) is 2.81. The van der Waals surface area contributed by atoms with Crippen LogP contribution in [0.4, 0.5) is 4.79 Å². The van der Waals surface area contributed by atoms with Gasteiger partial charge in [-0.15, -0.1) is 6.58 Å². The van der Waals surface area contributed by atoms with Crippen molar-refractivity contribution in [2.45, 2.75) is 135 Å². The third kappa shape index (κ3) is 8.80. The zero-order chi connectivity index (χ0) is 40.5. The number of rotatable bonds is 15. The molecule has 0 spiro atoms. The molecule has 304 valence electrons. The molecule has 13 nitrogen and oxygen atoms in total. The Balaban J connectivity index is 1.38. The molecule has 5 amide bonds. The number of amides is 5. The van der Waals surface area contributed by atoms with Crippen molar-refractivity contribution in [3.8, 4) is 0 Å². The number of nitrogens with one attached hydrogen (secondary N) is 4. The number of urea groups is 1. The van der Waals surface area contributed by atoms with E-state index in [9.17, 15) is 32.4 Å². The molecule has 0 aromatic heterocycles. The Kier molecular flexibility index (Phi) is 12.6. The fourth-order valence-corrected chi connectivity index (χ4v) is 10.7. The van der Waals surface area contributed by atoms with Gasteiger partial charge in [-0.1, -0.05) is 105 Å². The Labute approximate surface area is 327 Å². The number of hydrogen-bond acceptors (Lipinski definition) is 7. The van der Waals surface area contributed by atoms with E-state index in [0.29, 0.717) is 31.4 Å². The van der Waals surface area contributed by atoms with Gasteiger partial charge in [0.15, 0.2) is 0 Å². The van der Waals surface area contributed by atoms with Crippen LogP contribution in [0, 0.1) is 28.1 Å². The van der Waals surface area contributed by atoms with E-state index in [4.69, 9.17) is 0 Å². The maximum atomic E-state index is 14.9. The Morgan fingerprint density at radius 1 is 1.00 bits per heavy atom. The maximum Gasteiger partial charge on any atom is 0.315 e. The van der Waals surface area contributed by atoms with E-state index in [-0.39, 0.29) is 54.1 Å². The molecule has 4 N–H and O–H groups in total. The lowest BCUT2D eigenvalue weighted by atomic mass is 9.70. The van der Waals surface area contributed by atoms with Crippen LogP contribution in [-0.4, -0.2) is 91.0 Å². The van der Waals surface area contributed by atoms with Gasteiger partial charge in [0.25, 0.3) is 5.91 Å². The van der Waals surface area contributed by atoms with Crippen molar-refractivity contribution in [2.24, 2.45) is 28.1 Å². The number of sulfonamides is 1. The van der Waals surface area contributed by atoms with Crippen LogP contribution in [0.3, 0.4) is 0 Å². The summed E-state index contributed by atoms with van der Waals surface area (Å²) in [5.74, 6) is -2.47. The Bertz CT molecular complexity index is 1770. The van der Waals surface area contributed by atoms with E-state index < -0.39 is 68.6 Å². The summed E-state index contributed by atoms with van der Waals surface area (Å²) in [7, 11) is -3.75. The van der Waals surface area contributed by atoms with Gasteiger partial charge >= 0.3 is 6.03 Å². The summed E-state index contributed by atoms with van der Waals surface area (Å²) in [6.45, 7) is 18.2. The highest BCUT2D eigenvalue weighted by atomic mass is 32.2. The molecule has 3 fully saturated rings. The molecule has 0 radical (unpaired) electrons. The molecule has 5 rings (SSSR count). The third-order valence-corrected chi connectivity index (χ3v) is 14.7. The molecule has 2 aliphatic heterocycles. The third-order valence-electron chi connectivity index (χ3n) is 12.8. The number of fused-ring (bicyclic) bond motifs is 2. The van der Waals surface area contributed by atoms with Gasteiger partial charge in [0.05, 0.1) is 10.9 Å². The number of ketones is 1. The Morgan fingerprint density at radius 3 is 2.29 bits per heavy atom. The summed E-state index contributed by atoms with van der Waals surface area (Å²) in [6.07, 6.45) is 7.32. The maximum absolute atomic E-state index is 14.9. The van der Waals surface area contributed by atoms with Crippen molar-refractivity contribution in [1.29, 1.82) is 0 Å². The zero-order valence-electron chi connectivity index (χ0n) is 33.7. The number of unbranched alkanes of at least 4 members (excludes halogenated alkanes) is 1. The van der Waals surface area contributed by atoms with E-state index >= 15 is 0 Å². The van der Waals surface area contributed by atoms with Gasteiger partial charge in [0, 0.05) is 32.2 Å². The van der Waals surface area contributed by atoms with E-state index in [1.54, 1.807) is 29.2 Å². The molecule has 4 aliphatic rings. The van der Waals surface area contributed by atoms with E-state index in [2.05, 4.69) is 41.7 Å². The van der Waals surface area contributed by atoms with Crippen LogP contribution >= 0.6 is 0 Å². The zero-order valence-corrected chi connectivity index (χ0v) is 34.5. The molecule has 6 unspecified atom stereocenters. The summed E-state index contributed by atoms with van der Waals surface area (Å²) < 4.78 is 28.3. The number of nitrogens with zero attached hydrogens (tertiary/aromatic N) is 2. The van der Waals surface area contributed by atoms with Gasteiger partial charge in [-0.3, -0.25) is 19.2 Å². The summed E-state index contributed by atoms with van der Waals surface area (Å²) in [5.41, 5.74) is -0.656. The minimum Gasteiger partial charge on any atom is -0.346 e. The van der Waals surface area contributed by atoms with Crippen LogP contribution < -0.4 is 21.3 Å². The van der Waals surface area contributed by atoms with Gasteiger partial charge in [0.2, 0.25) is 27.6 Å². The summed E-state index contributed by atoms with van der Waals surface area (Å²) in [5, 5.41) is 11.5. The minimum atomic E-state index is -3.75. The average Bonchev–Trinajstić information content (AvgIpc) is 3.38. The second-order valence-electron chi connectivity index (χ2n) is 18.0. The van der Waals surface area contributed by atoms with Crippen LogP contribution in [0.15, 0.2) is 41.8 Å². The van der Waals surface area contributed by atoms with Gasteiger partial charge < -0.3 is 26.2 Å². The predicted octanol–water partition coefficient (Wildman–Crippen LogP) is 4.27. The quantitative estimate of drug-likeness (QED) is 0.152. The van der Waals surface area contributed by atoms with Crippen molar-refractivity contribution in [3.63, 3.8) is 0 Å². The fourth-order valence-electron chi connectivity index (χ4n) is 9.04. The molecule has 55 heavy (non-hydrogen) atoms. The largest absolute Gasteiger partial charge is 0.346 e. The van der Waals surface area contributed by atoms with Crippen LogP contribution in [0.5, 0.6) is 0 Å². The number of Topliss-reactive ketones (excluding diaryl/α,β-unsaturated/α-hetero) is 1. The van der Waals surface area contributed by atoms with Crippen LogP contribution in [0.25, 0.3) is 0 Å². The van der Waals surface area contributed by atoms with E-state index in [1.165, 1.54) is 10.4 Å². The molecular weight excluding hydrogens is 721 g/mol. The SMILES string of the molecule is C=CCNC(=O)C(=O)C(CCCC)NC(=O)C1C2C(CN1C(=O)C(NC(=O)NC(CN1Cc3ccccc3S1(=O)=O)C(C)(C)C)C1(C)CCCCC1)C2(C)C. The monoisotopic (exact) mass is 782 g/mol. The van der Waals surface area contributed by atoms with E-state index in [1.807, 2.05) is 34.6 Å². The highest BCUT2D eigenvalue weighted by Crippen LogP contribution is 2.65. The molecule has 1 aromatic rings. The van der Waals surface area contributed by atoms with Crippen LogP contribution in [-0.2, 0) is 35.7 Å². The molecule has 1 aromatic carbocycles. The van der Waals surface area contributed by atoms with Crippen molar-refractivity contribution >= 4 is 39.6 Å².